The van der Waals surface area contributed by atoms with E-state index in [1.165, 1.54) is 0 Å². The van der Waals surface area contributed by atoms with Crippen LogP contribution in [0.4, 0.5) is 0 Å². The summed E-state index contributed by atoms with van der Waals surface area (Å²) in [5.41, 5.74) is 0. The second-order valence-corrected chi connectivity index (χ2v) is 8.23. The molecule has 5 nitrogen and oxygen atoms in total. The van der Waals surface area contributed by atoms with E-state index in [2.05, 4.69) is 17.1 Å². The molecule has 2 rings (SSSR count). The average molecular weight is 288 g/mol. The lowest BCUT2D eigenvalue weighted by atomic mass is 9.98. The third-order valence-corrected chi connectivity index (χ3v) is 6.09. The summed E-state index contributed by atoms with van der Waals surface area (Å²) in [5.74, 6) is 1.01. The van der Waals surface area contributed by atoms with E-state index in [1.54, 1.807) is 0 Å². The number of carbonyl (C=O) groups excluding carboxylic acids is 1. The molecule has 6 heteroatoms. The Morgan fingerprint density at radius 1 is 1.26 bits per heavy atom. The minimum absolute atomic E-state index is 0.0309. The van der Waals surface area contributed by atoms with Gasteiger partial charge in [0.05, 0.1) is 17.5 Å². The summed E-state index contributed by atoms with van der Waals surface area (Å²) in [7, 11) is -2.93. The topological polar surface area (TPSA) is 66.5 Å². The van der Waals surface area contributed by atoms with Crippen LogP contribution in [0.2, 0.25) is 0 Å². The first kappa shape index (κ1) is 14.8. The fourth-order valence-corrected chi connectivity index (χ4v) is 4.49. The van der Waals surface area contributed by atoms with Crippen LogP contribution in [0.5, 0.6) is 0 Å². The van der Waals surface area contributed by atoms with Gasteiger partial charge in [0.25, 0.3) is 0 Å². The Bertz CT molecular complexity index is 427. The molecule has 0 radical (unpaired) electrons. The van der Waals surface area contributed by atoms with E-state index in [1.807, 2.05) is 6.92 Å². The molecule has 0 unspecified atom stereocenters. The predicted octanol–water partition coefficient (Wildman–Crippen LogP) is 0.410. The zero-order valence-corrected chi connectivity index (χ0v) is 12.6. The highest BCUT2D eigenvalue weighted by Crippen LogP contribution is 2.18. The number of sulfone groups is 1. The van der Waals surface area contributed by atoms with Gasteiger partial charge in [0, 0.05) is 6.04 Å². The summed E-state index contributed by atoms with van der Waals surface area (Å²) >= 11 is 0. The molecule has 2 saturated heterocycles. The van der Waals surface area contributed by atoms with Crippen molar-refractivity contribution in [3.8, 4) is 0 Å². The maximum Gasteiger partial charge on any atom is 0.237 e. The van der Waals surface area contributed by atoms with Crippen LogP contribution in [0, 0.1) is 5.92 Å². The van der Waals surface area contributed by atoms with Gasteiger partial charge in [-0.3, -0.25) is 9.69 Å². The van der Waals surface area contributed by atoms with Gasteiger partial charge in [-0.25, -0.2) is 8.42 Å². The van der Waals surface area contributed by atoms with Gasteiger partial charge in [-0.1, -0.05) is 6.92 Å². The molecule has 0 bridgehead atoms. The van der Waals surface area contributed by atoms with Crippen LogP contribution in [-0.2, 0) is 14.6 Å². The highest BCUT2D eigenvalue weighted by atomic mass is 32.2. The number of nitrogens with one attached hydrogen (secondary N) is 1. The fraction of sp³-hybridized carbons (Fsp3) is 0.923. The Hall–Kier alpha value is -0.620. The van der Waals surface area contributed by atoms with Gasteiger partial charge < -0.3 is 5.32 Å². The smallest absolute Gasteiger partial charge is 0.237 e. The Morgan fingerprint density at radius 3 is 2.42 bits per heavy atom. The Kier molecular flexibility index (Phi) is 4.50. The molecule has 0 aromatic rings. The second kappa shape index (κ2) is 5.79. The molecule has 0 aliphatic carbocycles. The fourth-order valence-electron chi connectivity index (χ4n) is 2.81. The molecular weight excluding hydrogens is 264 g/mol. The number of likely N-dealkylation sites (tertiary alicyclic amines) is 1. The highest BCUT2D eigenvalue weighted by molar-refractivity contribution is 7.91. The third-order valence-electron chi connectivity index (χ3n) is 4.32. The van der Waals surface area contributed by atoms with Crippen molar-refractivity contribution in [1.29, 1.82) is 0 Å². The van der Waals surface area contributed by atoms with Crippen molar-refractivity contribution < 1.29 is 13.2 Å². The van der Waals surface area contributed by atoms with Gasteiger partial charge in [-0.15, -0.1) is 0 Å². The molecule has 0 saturated carbocycles. The quantitative estimate of drug-likeness (QED) is 0.817. The zero-order valence-electron chi connectivity index (χ0n) is 11.8. The first-order valence-electron chi connectivity index (χ1n) is 7.12. The number of piperidine rings is 1. The van der Waals surface area contributed by atoms with Crippen molar-refractivity contribution in [2.24, 2.45) is 5.92 Å². The van der Waals surface area contributed by atoms with Gasteiger partial charge in [0.1, 0.15) is 0 Å². The third kappa shape index (κ3) is 3.92. The average Bonchev–Trinajstić information content (AvgIpc) is 2.68. The van der Waals surface area contributed by atoms with E-state index in [4.69, 9.17) is 0 Å². The van der Waals surface area contributed by atoms with Crippen molar-refractivity contribution in [3.63, 3.8) is 0 Å². The highest BCUT2D eigenvalue weighted by Gasteiger charge is 2.31. The lowest BCUT2D eigenvalue weighted by Gasteiger charge is -2.34. The molecule has 2 atom stereocenters. The molecule has 0 aromatic heterocycles. The van der Waals surface area contributed by atoms with Gasteiger partial charge in [0.15, 0.2) is 9.84 Å². The Labute approximate surface area is 115 Å². The second-order valence-electron chi connectivity index (χ2n) is 6.00. The van der Waals surface area contributed by atoms with Crippen LogP contribution in [0.25, 0.3) is 0 Å². The maximum absolute atomic E-state index is 12.1. The van der Waals surface area contributed by atoms with Crippen molar-refractivity contribution in [1.82, 2.24) is 10.2 Å². The molecule has 110 valence electrons. The lowest BCUT2D eigenvalue weighted by molar-refractivity contribution is -0.127. The monoisotopic (exact) mass is 288 g/mol. The van der Waals surface area contributed by atoms with E-state index < -0.39 is 9.84 Å². The standard InChI is InChI=1S/C13H24N2O3S/c1-10-3-6-15(7-4-10)11(2)13(16)14-12-5-8-19(17,18)9-12/h10-12H,3-9H2,1-2H3,(H,14,16)/t11-,12-/m0/s1. The van der Waals surface area contributed by atoms with Gasteiger partial charge in [0.2, 0.25) is 5.91 Å². The van der Waals surface area contributed by atoms with Crippen LogP contribution in [0.3, 0.4) is 0 Å². The largest absolute Gasteiger partial charge is 0.351 e. The van der Waals surface area contributed by atoms with Crippen LogP contribution >= 0.6 is 0 Å². The summed E-state index contributed by atoms with van der Waals surface area (Å²) in [4.78, 5) is 14.3. The molecule has 1 N–H and O–H groups in total. The molecule has 2 aliphatic heterocycles. The molecule has 2 fully saturated rings. The Balaban J connectivity index is 1.83. The van der Waals surface area contributed by atoms with Gasteiger partial charge in [-0.2, -0.15) is 0 Å². The van der Waals surface area contributed by atoms with E-state index in [-0.39, 0.29) is 29.5 Å². The molecule has 0 aromatic carbocycles. The normalized spacial score (nSPS) is 30.1. The first-order chi connectivity index (χ1) is 8.87. The molecule has 1 amide bonds. The molecule has 2 aliphatic rings. The molecule has 19 heavy (non-hydrogen) atoms. The van der Waals surface area contributed by atoms with Crippen molar-refractivity contribution in [2.45, 2.75) is 45.2 Å². The number of amides is 1. The van der Waals surface area contributed by atoms with Crippen LogP contribution in [0.15, 0.2) is 0 Å². The van der Waals surface area contributed by atoms with Crippen LogP contribution in [-0.4, -0.2) is 55.9 Å². The number of carbonyl (C=O) groups is 1. The summed E-state index contributed by atoms with van der Waals surface area (Å²) in [6.07, 6.45) is 2.82. The van der Waals surface area contributed by atoms with E-state index in [0.29, 0.717) is 6.42 Å². The van der Waals surface area contributed by atoms with Gasteiger partial charge >= 0.3 is 0 Å². The van der Waals surface area contributed by atoms with Crippen LogP contribution < -0.4 is 5.32 Å². The maximum atomic E-state index is 12.1. The van der Waals surface area contributed by atoms with Crippen molar-refractivity contribution in [2.75, 3.05) is 24.6 Å². The number of rotatable bonds is 3. The molecular formula is C13H24N2O3S. The van der Waals surface area contributed by atoms with Crippen LogP contribution in [0.1, 0.15) is 33.1 Å². The number of hydrogen-bond acceptors (Lipinski definition) is 4. The summed E-state index contributed by atoms with van der Waals surface area (Å²) < 4.78 is 22.7. The predicted molar refractivity (Wildman–Crippen MR) is 74.6 cm³/mol. The van der Waals surface area contributed by atoms with E-state index in [0.717, 1.165) is 31.8 Å². The lowest BCUT2D eigenvalue weighted by Crippen LogP contribution is -2.50. The minimum Gasteiger partial charge on any atom is -0.351 e. The zero-order chi connectivity index (χ0) is 14.0. The first-order valence-corrected chi connectivity index (χ1v) is 8.94. The number of nitrogens with zero attached hydrogens (tertiary/aromatic N) is 1. The SMILES string of the molecule is CC1CCN([C@@H](C)C(=O)N[C@H]2CCS(=O)(=O)C2)CC1. The van der Waals surface area contributed by atoms with E-state index in [9.17, 15) is 13.2 Å². The molecule has 0 spiro atoms. The van der Waals surface area contributed by atoms with Crippen molar-refractivity contribution in [3.05, 3.63) is 0 Å². The summed E-state index contributed by atoms with van der Waals surface area (Å²) in [6.45, 7) is 6.07. The van der Waals surface area contributed by atoms with Crippen molar-refractivity contribution >= 4 is 15.7 Å². The molecule has 2 heterocycles. The number of hydrogen-bond donors (Lipinski definition) is 1. The van der Waals surface area contributed by atoms with Gasteiger partial charge in [-0.05, 0) is 45.2 Å². The minimum atomic E-state index is -2.93. The summed E-state index contributed by atoms with van der Waals surface area (Å²) in [5, 5.41) is 2.88. The van der Waals surface area contributed by atoms with E-state index >= 15 is 0 Å². The Morgan fingerprint density at radius 2 is 1.89 bits per heavy atom. The summed E-state index contributed by atoms with van der Waals surface area (Å²) in [6, 6.07) is -0.348.